The second-order valence-electron chi connectivity index (χ2n) is 4.60. The van der Waals surface area contributed by atoms with Gasteiger partial charge >= 0.3 is 0 Å². The summed E-state index contributed by atoms with van der Waals surface area (Å²) in [5.74, 6) is 0.994. The van der Waals surface area contributed by atoms with Gasteiger partial charge in [0.05, 0.1) is 0 Å². The zero-order valence-corrected chi connectivity index (χ0v) is 13.9. The molecule has 3 N–H and O–H groups in total. The molecule has 0 bridgehead atoms. The maximum atomic E-state index is 5.90. The molecule has 21 heavy (non-hydrogen) atoms. The van der Waals surface area contributed by atoms with Crippen molar-refractivity contribution in [2.75, 3.05) is 17.6 Å². The van der Waals surface area contributed by atoms with Crippen LogP contribution in [0.1, 0.15) is 18.2 Å². The molecule has 2 rings (SSSR count). The van der Waals surface area contributed by atoms with Crippen molar-refractivity contribution in [2.24, 2.45) is 12.8 Å². The lowest BCUT2D eigenvalue weighted by Gasteiger charge is -2.14. The number of rotatable bonds is 7. The van der Waals surface area contributed by atoms with Crippen LogP contribution in [0.3, 0.4) is 0 Å². The van der Waals surface area contributed by atoms with Crippen molar-refractivity contribution in [2.45, 2.75) is 18.2 Å². The fourth-order valence-electron chi connectivity index (χ4n) is 2.18. The second kappa shape index (κ2) is 7.47. The quantitative estimate of drug-likeness (QED) is 0.607. The molecule has 0 aliphatic rings. The molecule has 112 valence electrons. The lowest BCUT2D eigenvalue weighted by molar-refractivity contribution is 0.711. The Kier molecular flexibility index (Phi) is 5.64. The molecule has 6 heteroatoms. The molecule has 1 aromatic carbocycles. The highest BCUT2D eigenvalue weighted by molar-refractivity contribution is 7.99. The summed E-state index contributed by atoms with van der Waals surface area (Å²) >= 11 is 6.97. The van der Waals surface area contributed by atoms with E-state index in [2.05, 4.69) is 23.4 Å². The number of nitrogens with zero attached hydrogens (tertiary/aromatic N) is 2. The summed E-state index contributed by atoms with van der Waals surface area (Å²) in [7, 11) is 1.95. The molecule has 0 spiro atoms. The van der Waals surface area contributed by atoms with Gasteiger partial charge in [-0.3, -0.25) is 4.68 Å². The first kappa shape index (κ1) is 15.9. The number of benzene rings is 1. The van der Waals surface area contributed by atoms with E-state index >= 15 is 0 Å². The third-order valence-corrected chi connectivity index (χ3v) is 4.34. The van der Waals surface area contributed by atoms with Crippen molar-refractivity contribution >= 4 is 34.7 Å². The van der Waals surface area contributed by atoms with Gasteiger partial charge in [-0.15, -0.1) is 11.8 Å². The Morgan fingerprint density at radius 2 is 2.24 bits per heavy atom. The van der Waals surface area contributed by atoms with Gasteiger partial charge in [0.1, 0.15) is 4.99 Å². The number of nitrogens with one attached hydrogen (secondary N) is 1. The highest BCUT2D eigenvalue weighted by atomic mass is 32.2. The highest BCUT2D eigenvalue weighted by Crippen LogP contribution is 2.28. The molecule has 0 amide bonds. The monoisotopic (exact) mass is 320 g/mol. The molecule has 2 aromatic rings. The van der Waals surface area contributed by atoms with Crippen molar-refractivity contribution in [1.29, 1.82) is 0 Å². The number of hydrogen-bond donors (Lipinski definition) is 2. The Hall–Kier alpha value is -1.53. The maximum absolute atomic E-state index is 5.90. The largest absolute Gasteiger partial charge is 0.389 e. The van der Waals surface area contributed by atoms with E-state index in [0.29, 0.717) is 4.99 Å². The van der Waals surface area contributed by atoms with Crippen molar-refractivity contribution in [3.8, 4) is 0 Å². The first-order valence-electron chi connectivity index (χ1n) is 6.89. The van der Waals surface area contributed by atoms with Gasteiger partial charge < -0.3 is 11.1 Å². The average Bonchev–Trinajstić information content (AvgIpc) is 2.85. The molecule has 0 aliphatic carbocycles. The fraction of sp³-hybridized carbons (Fsp3) is 0.333. The zero-order chi connectivity index (χ0) is 15.2. The van der Waals surface area contributed by atoms with Gasteiger partial charge in [0.2, 0.25) is 0 Å². The van der Waals surface area contributed by atoms with Crippen LogP contribution in [-0.2, 0) is 13.5 Å². The molecular formula is C15H20N4S2. The second-order valence-corrected chi connectivity index (χ2v) is 6.34. The maximum Gasteiger partial charge on any atom is 0.107 e. The summed E-state index contributed by atoms with van der Waals surface area (Å²) in [5.41, 5.74) is 9.04. The molecule has 4 nitrogen and oxygen atoms in total. The summed E-state index contributed by atoms with van der Waals surface area (Å²) < 4.78 is 1.89. The van der Waals surface area contributed by atoms with E-state index < -0.39 is 0 Å². The third-order valence-electron chi connectivity index (χ3n) is 3.19. The van der Waals surface area contributed by atoms with E-state index in [0.717, 1.165) is 34.9 Å². The zero-order valence-electron chi connectivity index (χ0n) is 12.3. The van der Waals surface area contributed by atoms with Crippen LogP contribution >= 0.6 is 24.0 Å². The lowest BCUT2D eigenvalue weighted by Crippen LogP contribution is -2.16. The molecule has 0 fully saturated rings. The van der Waals surface area contributed by atoms with Crippen LogP contribution < -0.4 is 11.1 Å². The smallest absolute Gasteiger partial charge is 0.107 e. The van der Waals surface area contributed by atoms with Gasteiger partial charge in [-0.1, -0.05) is 25.2 Å². The van der Waals surface area contributed by atoms with Gasteiger partial charge in [0, 0.05) is 48.1 Å². The summed E-state index contributed by atoms with van der Waals surface area (Å²) in [6, 6.07) is 8.15. The first-order valence-corrected chi connectivity index (χ1v) is 8.29. The summed E-state index contributed by atoms with van der Waals surface area (Å²) in [6.45, 7) is 2.94. The summed E-state index contributed by atoms with van der Waals surface area (Å²) in [5, 5.41) is 7.61. The standard InChI is InChI=1S/C15H20N4S2/c1-3-21-13-6-4-5-12(14(13)15(16)20)17-9-7-11-8-10-18-19(11)2/h4-6,8,10,17H,3,7,9H2,1-2H3,(H2,16,20). The number of hydrogen-bond acceptors (Lipinski definition) is 4. The highest BCUT2D eigenvalue weighted by Gasteiger charge is 2.11. The molecule has 1 aromatic heterocycles. The molecule has 0 saturated carbocycles. The Bertz CT molecular complexity index is 622. The Balaban J connectivity index is 2.10. The average molecular weight is 320 g/mol. The van der Waals surface area contributed by atoms with Gasteiger partial charge in [-0.25, -0.2) is 0 Å². The summed E-state index contributed by atoms with van der Waals surface area (Å²) in [4.78, 5) is 1.57. The molecule has 0 unspecified atom stereocenters. The van der Waals surface area contributed by atoms with Crippen LogP contribution in [0, 0.1) is 0 Å². The fourth-order valence-corrected chi connectivity index (χ4v) is 3.31. The van der Waals surface area contributed by atoms with E-state index in [9.17, 15) is 0 Å². The van der Waals surface area contributed by atoms with Gasteiger partial charge in [-0.05, 0) is 24.0 Å². The van der Waals surface area contributed by atoms with E-state index in [1.54, 1.807) is 11.8 Å². The van der Waals surface area contributed by atoms with E-state index in [1.807, 2.05) is 36.1 Å². The van der Waals surface area contributed by atoms with Gasteiger partial charge in [-0.2, -0.15) is 5.10 Å². The minimum Gasteiger partial charge on any atom is -0.389 e. The molecule has 0 radical (unpaired) electrons. The van der Waals surface area contributed by atoms with Gasteiger partial charge in [0.25, 0.3) is 0 Å². The predicted octanol–water partition coefficient (Wildman–Crippen LogP) is 2.82. The molecule has 0 saturated heterocycles. The third kappa shape index (κ3) is 3.98. The Morgan fingerprint density at radius 1 is 1.43 bits per heavy atom. The van der Waals surface area contributed by atoms with E-state index in [4.69, 9.17) is 18.0 Å². The predicted molar refractivity (Wildman–Crippen MR) is 94.1 cm³/mol. The first-order chi connectivity index (χ1) is 10.1. The minimum atomic E-state index is 0.439. The summed E-state index contributed by atoms with van der Waals surface area (Å²) in [6.07, 6.45) is 2.71. The van der Waals surface area contributed by atoms with Crippen LogP contribution in [0.2, 0.25) is 0 Å². The molecule has 0 atom stereocenters. The SMILES string of the molecule is CCSc1cccc(NCCc2ccnn2C)c1C(N)=S. The van der Waals surface area contributed by atoms with Crippen LogP contribution in [-0.4, -0.2) is 27.1 Å². The molecule has 1 heterocycles. The Labute approximate surface area is 135 Å². The molecule has 0 aliphatic heterocycles. The lowest BCUT2D eigenvalue weighted by atomic mass is 10.1. The topological polar surface area (TPSA) is 55.9 Å². The van der Waals surface area contributed by atoms with Crippen LogP contribution in [0.4, 0.5) is 5.69 Å². The number of anilines is 1. The van der Waals surface area contributed by atoms with E-state index in [1.165, 1.54) is 5.69 Å². The normalized spacial score (nSPS) is 10.6. The minimum absolute atomic E-state index is 0.439. The van der Waals surface area contributed by atoms with Crippen LogP contribution in [0.15, 0.2) is 35.4 Å². The van der Waals surface area contributed by atoms with Crippen LogP contribution in [0.25, 0.3) is 0 Å². The van der Waals surface area contributed by atoms with E-state index in [-0.39, 0.29) is 0 Å². The number of thioether (sulfide) groups is 1. The molecular weight excluding hydrogens is 300 g/mol. The number of aryl methyl sites for hydroxylation is 1. The number of nitrogens with two attached hydrogens (primary N) is 1. The Morgan fingerprint density at radius 3 is 2.86 bits per heavy atom. The van der Waals surface area contributed by atoms with Gasteiger partial charge in [0.15, 0.2) is 0 Å². The number of aromatic nitrogens is 2. The van der Waals surface area contributed by atoms with Crippen molar-refractivity contribution < 1.29 is 0 Å². The number of thiocarbonyl (C=S) groups is 1. The van der Waals surface area contributed by atoms with Crippen molar-refractivity contribution in [3.05, 3.63) is 41.7 Å². The van der Waals surface area contributed by atoms with Crippen molar-refractivity contribution in [3.63, 3.8) is 0 Å². The van der Waals surface area contributed by atoms with Crippen molar-refractivity contribution in [1.82, 2.24) is 9.78 Å². The van der Waals surface area contributed by atoms with Crippen LogP contribution in [0.5, 0.6) is 0 Å².